The second-order valence-corrected chi connectivity index (χ2v) is 11.4. The van der Waals surface area contributed by atoms with Crippen molar-refractivity contribution in [1.29, 1.82) is 0 Å². The molecule has 0 radical (unpaired) electrons. The fourth-order valence-corrected chi connectivity index (χ4v) is 8.77. The number of hydrogen-bond donors (Lipinski definition) is 0. The van der Waals surface area contributed by atoms with E-state index in [1.807, 2.05) is 54.6 Å². The molecule has 36 heavy (non-hydrogen) atoms. The maximum atomic E-state index is 12.4. The summed E-state index contributed by atoms with van der Waals surface area (Å²) in [4.78, 5) is 12.0. The molecule has 0 saturated carbocycles. The van der Waals surface area contributed by atoms with Crippen LogP contribution in [0.4, 0.5) is 5.69 Å². The molecular weight excluding hydrogens is 541 g/mol. The van der Waals surface area contributed by atoms with Gasteiger partial charge in [0.05, 0.1) is 31.8 Å². The molecule has 0 heterocycles. The predicted octanol–water partition coefficient (Wildman–Crippen LogP) is 2.12. The fraction of sp³-hybridized carbons (Fsp3) is 0.143. The van der Waals surface area contributed by atoms with Crippen LogP contribution in [0.5, 0.6) is 17.2 Å². The first-order valence-corrected chi connectivity index (χ1v) is 13.0. The second kappa shape index (κ2) is 12.0. The number of ether oxygens (including phenoxy) is 3. The Labute approximate surface area is 222 Å². The largest absolute Gasteiger partial charge is 1.00 e. The van der Waals surface area contributed by atoms with Crippen LogP contribution in [-0.4, -0.2) is 26.3 Å². The lowest BCUT2D eigenvalue weighted by molar-refractivity contribution is -0.386. The molecule has 4 aromatic carbocycles. The van der Waals surface area contributed by atoms with Crippen molar-refractivity contribution in [1.82, 2.24) is 0 Å². The number of hydrogen-bond acceptors (Lipinski definition) is 5. The van der Waals surface area contributed by atoms with Gasteiger partial charge in [0, 0.05) is 0 Å². The molecule has 0 bridgehead atoms. The van der Waals surface area contributed by atoms with E-state index in [1.165, 1.54) is 21.3 Å². The van der Waals surface area contributed by atoms with E-state index in [2.05, 4.69) is 36.4 Å². The van der Waals surface area contributed by atoms with Crippen molar-refractivity contribution in [3.63, 3.8) is 0 Å². The van der Waals surface area contributed by atoms with E-state index >= 15 is 0 Å². The van der Waals surface area contributed by atoms with Crippen molar-refractivity contribution < 1.29 is 36.1 Å². The molecule has 0 aliphatic heterocycles. The van der Waals surface area contributed by atoms with E-state index in [4.69, 9.17) is 14.2 Å². The van der Waals surface area contributed by atoms with Gasteiger partial charge in [0.25, 0.3) is 0 Å². The molecule has 0 aromatic heterocycles. The van der Waals surface area contributed by atoms with Crippen LogP contribution in [0.1, 0.15) is 5.56 Å². The number of nitro benzene ring substituents is 1. The first-order chi connectivity index (χ1) is 17.1. The molecule has 0 fully saturated rings. The van der Waals surface area contributed by atoms with Crippen LogP contribution in [0.15, 0.2) is 97.1 Å². The third kappa shape index (κ3) is 4.95. The molecule has 0 aliphatic rings. The van der Waals surface area contributed by atoms with E-state index < -0.39 is 12.2 Å². The molecule has 0 saturated heterocycles. The number of benzene rings is 4. The Morgan fingerprint density at radius 1 is 0.694 bits per heavy atom. The summed E-state index contributed by atoms with van der Waals surface area (Å²) < 4.78 is 16.5. The van der Waals surface area contributed by atoms with Gasteiger partial charge in [0.15, 0.2) is 5.75 Å². The highest BCUT2D eigenvalue weighted by Gasteiger charge is 2.47. The normalized spacial score (nSPS) is 10.8. The molecule has 0 spiro atoms. The Kier molecular flexibility index (Phi) is 9.08. The van der Waals surface area contributed by atoms with Gasteiger partial charge < -0.3 is 31.2 Å². The average molecular weight is 568 g/mol. The van der Waals surface area contributed by atoms with Gasteiger partial charge in [-0.25, -0.2) is 0 Å². The van der Waals surface area contributed by atoms with Crippen molar-refractivity contribution in [2.75, 3.05) is 21.3 Å². The fourth-order valence-electron chi connectivity index (χ4n) is 4.54. The quantitative estimate of drug-likeness (QED) is 0.176. The summed E-state index contributed by atoms with van der Waals surface area (Å²) in [5, 5.41) is 15.8. The third-order valence-corrected chi connectivity index (χ3v) is 10.4. The number of halogens is 1. The molecule has 6 nitrogen and oxygen atoms in total. The lowest BCUT2D eigenvalue weighted by Crippen LogP contribution is -3.00. The van der Waals surface area contributed by atoms with E-state index in [0.29, 0.717) is 17.5 Å². The minimum absolute atomic E-state index is 0. The first-order valence-electron chi connectivity index (χ1n) is 11.1. The summed E-state index contributed by atoms with van der Waals surface area (Å²) in [7, 11) is 1.98. The average Bonchev–Trinajstić information content (AvgIpc) is 2.92. The maximum absolute atomic E-state index is 12.4. The van der Waals surface area contributed by atoms with Gasteiger partial charge >= 0.3 is 5.69 Å². The van der Waals surface area contributed by atoms with Crippen LogP contribution in [-0.2, 0) is 6.16 Å². The van der Waals surface area contributed by atoms with Gasteiger partial charge in [-0.05, 0) is 42.5 Å². The Balaban J connectivity index is 0.00000361. The Morgan fingerprint density at radius 3 is 1.44 bits per heavy atom. The molecule has 8 heteroatoms. The molecule has 4 rings (SSSR count). The first kappa shape index (κ1) is 27.2. The molecule has 0 N–H and O–H groups in total. The molecule has 0 amide bonds. The highest BCUT2D eigenvalue weighted by molar-refractivity contribution is 7.95. The second-order valence-electron chi connectivity index (χ2n) is 7.88. The minimum Gasteiger partial charge on any atom is -1.00 e. The highest BCUT2D eigenvalue weighted by atomic mass is 79.9. The lowest BCUT2D eigenvalue weighted by Gasteiger charge is -2.28. The lowest BCUT2D eigenvalue weighted by atomic mass is 10.1. The molecule has 4 aromatic rings. The molecular formula is C28H27BrNO5P. The summed E-state index contributed by atoms with van der Waals surface area (Å²) >= 11 is 0. The Hall–Kier alpha value is -3.41. The monoisotopic (exact) mass is 567 g/mol. The number of methoxy groups -OCH3 is 3. The standard InChI is InChI=1S/C28H27NO5P.BrH/c1-32-25-19-21(26(29(30)31)28(34-3)27(25)33-2)20-35(22-13-7-4-8-14-22,23-15-9-5-10-16-23)24-17-11-6-12-18-24;/h4-19H,20H2,1-3H3;1H/q+1;/p-1. The number of nitrogens with zero attached hydrogens (tertiary/aromatic N) is 1. The third-order valence-electron chi connectivity index (χ3n) is 6.06. The van der Waals surface area contributed by atoms with Gasteiger partial charge in [0.1, 0.15) is 29.3 Å². The molecule has 0 atom stereocenters. The zero-order valence-electron chi connectivity index (χ0n) is 20.3. The zero-order valence-corrected chi connectivity index (χ0v) is 22.7. The summed E-state index contributed by atoms with van der Waals surface area (Å²) in [5.74, 6) is 0.643. The van der Waals surface area contributed by atoms with Crippen molar-refractivity contribution in [3.05, 3.63) is 113 Å². The van der Waals surface area contributed by atoms with E-state index in [9.17, 15) is 10.1 Å². The van der Waals surface area contributed by atoms with Crippen molar-refractivity contribution in [2.24, 2.45) is 0 Å². The molecule has 0 aliphatic carbocycles. The highest BCUT2D eigenvalue weighted by Crippen LogP contribution is 2.60. The van der Waals surface area contributed by atoms with E-state index in [0.717, 1.165) is 15.9 Å². The van der Waals surface area contributed by atoms with Crippen molar-refractivity contribution in [2.45, 2.75) is 6.16 Å². The van der Waals surface area contributed by atoms with Gasteiger partial charge in [0.2, 0.25) is 11.5 Å². The van der Waals surface area contributed by atoms with Gasteiger partial charge in [-0.1, -0.05) is 54.6 Å². The van der Waals surface area contributed by atoms with Crippen molar-refractivity contribution >= 4 is 28.9 Å². The van der Waals surface area contributed by atoms with Crippen molar-refractivity contribution in [3.8, 4) is 17.2 Å². The zero-order chi connectivity index (χ0) is 24.8. The summed E-state index contributed by atoms with van der Waals surface area (Å²) in [6, 6.07) is 32.4. The van der Waals surface area contributed by atoms with Crippen LogP contribution < -0.4 is 47.1 Å². The van der Waals surface area contributed by atoms with Gasteiger partial charge in [-0.2, -0.15) is 0 Å². The van der Waals surface area contributed by atoms with Gasteiger partial charge in [-0.3, -0.25) is 10.1 Å². The SMILES string of the molecule is COc1cc(C[P+](c2ccccc2)(c2ccccc2)c2ccccc2)c([N+](=O)[O-])c(OC)c1OC.[Br-]. The van der Waals surface area contributed by atoms with Crippen LogP contribution in [0, 0.1) is 10.1 Å². The number of rotatable bonds is 9. The maximum Gasteiger partial charge on any atom is 0.322 e. The Morgan fingerprint density at radius 2 is 1.11 bits per heavy atom. The summed E-state index contributed by atoms with van der Waals surface area (Å²) in [6.07, 6.45) is 0.401. The number of nitro groups is 1. The molecule has 186 valence electrons. The van der Waals surface area contributed by atoms with Crippen LogP contribution in [0.3, 0.4) is 0 Å². The smallest absolute Gasteiger partial charge is 0.322 e. The van der Waals surface area contributed by atoms with Crippen LogP contribution in [0.25, 0.3) is 0 Å². The minimum atomic E-state index is -2.38. The van der Waals surface area contributed by atoms with E-state index in [1.54, 1.807) is 6.07 Å². The predicted molar refractivity (Wildman–Crippen MR) is 142 cm³/mol. The topological polar surface area (TPSA) is 70.8 Å². The van der Waals surface area contributed by atoms with Crippen LogP contribution in [0.2, 0.25) is 0 Å². The Bertz CT molecular complexity index is 1210. The summed E-state index contributed by atoms with van der Waals surface area (Å²) in [6.45, 7) is 0. The van der Waals surface area contributed by atoms with Crippen LogP contribution >= 0.6 is 7.26 Å². The summed E-state index contributed by atoms with van der Waals surface area (Å²) in [5.41, 5.74) is 0.409. The molecule has 0 unspecified atom stereocenters. The van der Waals surface area contributed by atoms with Gasteiger partial charge in [-0.15, -0.1) is 0 Å². The van der Waals surface area contributed by atoms with E-state index in [-0.39, 0.29) is 34.2 Å².